The third kappa shape index (κ3) is 2.71. The number of carboxylic acids is 1. The lowest BCUT2D eigenvalue weighted by molar-refractivity contribution is -0.137. The minimum atomic E-state index is -1.35. The second-order valence-electron chi connectivity index (χ2n) is 5.72. The van der Waals surface area contributed by atoms with Crippen molar-refractivity contribution in [3.63, 3.8) is 0 Å². The van der Waals surface area contributed by atoms with Crippen LogP contribution in [-0.2, 0) is 15.8 Å². The Morgan fingerprint density at radius 1 is 1.30 bits per heavy atom. The summed E-state index contributed by atoms with van der Waals surface area (Å²) >= 11 is 0. The molecule has 1 unspecified atom stereocenters. The second kappa shape index (κ2) is 5.18. The summed E-state index contributed by atoms with van der Waals surface area (Å²) in [6.07, 6.45) is 0. The van der Waals surface area contributed by atoms with E-state index >= 15 is 0 Å². The molecule has 1 heterocycles. The molecule has 1 fully saturated rings. The lowest BCUT2D eigenvalue weighted by Gasteiger charge is -2.18. The van der Waals surface area contributed by atoms with E-state index in [0.717, 1.165) is 5.56 Å². The molecular weight excluding hydrogens is 278 g/mol. The fourth-order valence-corrected chi connectivity index (χ4v) is 3.54. The van der Waals surface area contributed by atoms with E-state index in [2.05, 4.69) is 0 Å². The zero-order valence-corrected chi connectivity index (χ0v) is 12.8. The first-order valence-electron chi connectivity index (χ1n) is 6.34. The molecule has 5 nitrogen and oxygen atoms in total. The number of hydrogen-bond acceptors (Lipinski definition) is 3. The molecule has 110 valence electrons. The van der Waals surface area contributed by atoms with Crippen LogP contribution in [0.2, 0.25) is 0 Å². The number of nitrogens with zero attached hydrogens (tertiary/aromatic N) is 1. The monoisotopic (exact) mass is 297 g/mol. The van der Waals surface area contributed by atoms with E-state index in [-0.39, 0.29) is 6.04 Å². The van der Waals surface area contributed by atoms with Gasteiger partial charge in [0.2, 0.25) is 0 Å². The molecule has 0 aromatic heterocycles. The number of methoxy groups -OCH3 is 1. The molecule has 1 aromatic rings. The molecule has 1 aliphatic heterocycles. The molecular formula is C14H19NO4S. The van der Waals surface area contributed by atoms with E-state index in [0.29, 0.717) is 5.75 Å². The normalized spacial score (nSPS) is 26.9. The van der Waals surface area contributed by atoms with Crippen LogP contribution >= 0.6 is 0 Å². The Hall–Kier alpha value is -1.40. The number of benzene rings is 1. The Morgan fingerprint density at radius 2 is 1.85 bits per heavy atom. The molecule has 6 heteroatoms. The molecule has 1 saturated heterocycles. The highest BCUT2D eigenvalue weighted by atomic mass is 32.2. The zero-order valence-electron chi connectivity index (χ0n) is 12.0. The van der Waals surface area contributed by atoms with Gasteiger partial charge in [0, 0.05) is 0 Å². The molecule has 2 rings (SSSR count). The third-order valence-corrected chi connectivity index (χ3v) is 5.07. The Balaban J connectivity index is 2.26. The smallest absolute Gasteiger partial charge is 0.323 e. The molecule has 0 bridgehead atoms. The van der Waals surface area contributed by atoms with Crippen molar-refractivity contribution in [3.05, 3.63) is 29.8 Å². The molecule has 0 saturated carbocycles. The topological polar surface area (TPSA) is 66.6 Å². The number of aliphatic carboxylic acids is 1. The summed E-state index contributed by atoms with van der Waals surface area (Å²) in [6.45, 7) is 5.52. The van der Waals surface area contributed by atoms with Crippen LogP contribution in [0.3, 0.4) is 0 Å². The summed E-state index contributed by atoms with van der Waals surface area (Å²) in [5.41, 5.74) is 0.843. The van der Waals surface area contributed by atoms with Crippen LogP contribution in [0.15, 0.2) is 24.3 Å². The molecule has 20 heavy (non-hydrogen) atoms. The first-order valence-corrected chi connectivity index (χ1v) is 7.45. The van der Waals surface area contributed by atoms with Crippen molar-refractivity contribution in [1.29, 1.82) is 0 Å². The van der Waals surface area contributed by atoms with Gasteiger partial charge in [-0.3, -0.25) is 4.79 Å². The molecule has 4 atom stereocenters. The van der Waals surface area contributed by atoms with Gasteiger partial charge >= 0.3 is 5.97 Å². The highest BCUT2D eigenvalue weighted by Crippen LogP contribution is 2.47. The highest BCUT2D eigenvalue weighted by Gasteiger charge is 2.58. The number of ether oxygens (including phenoxy) is 1. The third-order valence-electron chi connectivity index (χ3n) is 3.18. The quantitative estimate of drug-likeness (QED) is 0.863. The largest absolute Gasteiger partial charge is 0.497 e. The summed E-state index contributed by atoms with van der Waals surface area (Å²) in [5, 5.41) is 9.27. The molecule has 1 aliphatic rings. The van der Waals surface area contributed by atoms with Crippen LogP contribution in [0.5, 0.6) is 5.75 Å². The lowest BCUT2D eigenvalue weighted by Crippen LogP contribution is -2.29. The first-order chi connectivity index (χ1) is 9.27. The van der Waals surface area contributed by atoms with E-state index in [9.17, 15) is 14.1 Å². The van der Waals surface area contributed by atoms with Crippen LogP contribution in [0.1, 0.15) is 32.4 Å². The van der Waals surface area contributed by atoms with Crippen LogP contribution < -0.4 is 4.74 Å². The summed E-state index contributed by atoms with van der Waals surface area (Å²) < 4.78 is 18.5. The van der Waals surface area contributed by atoms with Gasteiger partial charge in [-0.15, -0.1) is 0 Å². The van der Waals surface area contributed by atoms with Crippen molar-refractivity contribution >= 4 is 17.0 Å². The number of carbonyl (C=O) groups is 1. The summed E-state index contributed by atoms with van der Waals surface area (Å²) in [7, 11) is 0.232. The predicted molar refractivity (Wildman–Crippen MR) is 76.9 cm³/mol. The van der Waals surface area contributed by atoms with Crippen LogP contribution in [-0.4, -0.2) is 37.5 Å². The fourth-order valence-electron chi connectivity index (χ4n) is 2.11. The summed E-state index contributed by atoms with van der Waals surface area (Å²) in [6, 6.07) is 6.15. The van der Waals surface area contributed by atoms with E-state index < -0.39 is 27.7 Å². The SMILES string of the molecule is COc1ccc([C@H]2[C@@H](C(=O)O)N2[S@@](=O)C(C)(C)C)cc1. The van der Waals surface area contributed by atoms with Crippen molar-refractivity contribution in [2.45, 2.75) is 37.6 Å². The average Bonchev–Trinajstić information content (AvgIpc) is 3.12. The standard InChI is InChI=1S/C14H19NO4S/c1-14(2,3)20(18)15-11(12(15)13(16)17)9-5-7-10(19-4)8-6-9/h5-8,11-12H,1-4H3,(H,16,17)/t11-,12-,15?,20-/m0/s1. The van der Waals surface area contributed by atoms with Crippen LogP contribution in [0.25, 0.3) is 0 Å². The van der Waals surface area contributed by atoms with Gasteiger partial charge < -0.3 is 9.84 Å². The lowest BCUT2D eigenvalue weighted by atomic mass is 10.1. The van der Waals surface area contributed by atoms with Gasteiger partial charge in [-0.2, -0.15) is 4.31 Å². The summed E-state index contributed by atoms with van der Waals surface area (Å²) in [4.78, 5) is 11.3. The van der Waals surface area contributed by atoms with Gasteiger partial charge in [0.05, 0.1) is 17.9 Å². The molecule has 1 aromatic carbocycles. The minimum absolute atomic E-state index is 0.335. The Morgan fingerprint density at radius 3 is 2.25 bits per heavy atom. The maximum absolute atomic E-state index is 12.4. The van der Waals surface area contributed by atoms with Crippen LogP contribution in [0, 0.1) is 0 Å². The van der Waals surface area contributed by atoms with E-state index in [4.69, 9.17) is 4.74 Å². The maximum atomic E-state index is 12.4. The van der Waals surface area contributed by atoms with E-state index in [1.165, 1.54) is 0 Å². The van der Waals surface area contributed by atoms with Crippen molar-refractivity contribution in [1.82, 2.24) is 4.31 Å². The van der Waals surface area contributed by atoms with Gasteiger partial charge in [0.25, 0.3) is 0 Å². The fraction of sp³-hybridized carbons (Fsp3) is 0.500. The van der Waals surface area contributed by atoms with Gasteiger partial charge in [-0.1, -0.05) is 12.1 Å². The molecule has 0 radical (unpaired) electrons. The number of hydrogen-bond donors (Lipinski definition) is 1. The van der Waals surface area contributed by atoms with Crippen molar-refractivity contribution in [2.24, 2.45) is 0 Å². The zero-order chi connectivity index (χ0) is 15.1. The highest BCUT2D eigenvalue weighted by molar-refractivity contribution is 7.84. The maximum Gasteiger partial charge on any atom is 0.323 e. The van der Waals surface area contributed by atoms with Crippen molar-refractivity contribution in [2.75, 3.05) is 7.11 Å². The minimum Gasteiger partial charge on any atom is -0.497 e. The number of rotatable bonds is 4. The van der Waals surface area contributed by atoms with Gasteiger partial charge in [-0.05, 0) is 38.5 Å². The number of carboxylic acid groups (broad SMARTS) is 1. The Kier molecular flexibility index (Phi) is 3.88. The molecule has 0 aliphatic carbocycles. The van der Waals surface area contributed by atoms with Gasteiger partial charge in [0.15, 0.2) is 0 Å². The Bertz CT molecular complexity index is 535. The second-order valence-corrected chi connectivity index (χ2v) is 7.87. The Labute approximate surface area is 121 Å². The average molecular weight is 297 g/mol. The summed E-state index contributed by atoms with van der Waals surface area (Å²) in [5.74, 6) is -0.229. The first kappa shape index (κ1) is 15.0. The predicted octanol–water partition coefficient (Wildman–Crippen LogP) is 1.97. The van der Waals surface area contributed by atoms with E-state index in [1.807, 2.05) is 32.9 Å². The van der Waals surface area contributed by atoms with Gasteiger partial charge in [0.1, 0.15) is 22.8 Å². The molecule has 0 spiro atoms. The van der Waals surface area contributed by atoms with Gasteiger partial charge in [-0.25, -0.2) is 4.21 Å². The van der Waals surface area contributed by atoms with Crippen molar-refractivity contribution < 1.29 is 18.8 Å². The van der Waals surface area contributed by atoms with Crippen LogP contribution in [0.4, 0.5) is 0 Å². The molecule has 0 amide bonds. The van der Waals surface area contributed by atoms with E-state index in [1.54, 1.807) is 23.5 Å². The van der Waals surface area contributed by atoms with Crippen molar-refractivity contribution in [3.8, 4) is 5.75 Å². The molecule has 1 N–H and O–H groups in total.